The molecule has 3 rings (SSSR count). The second-order valence-electron chi connectivity index (χ2n) is 4.53. The Labute approximate surface area is 129 Å². The van der Waals surface area contributed by atoms with Crippen LogP contribution in [-0.4, -0.2) is 51.8 Å². The number of aromatic nitrogens is 3. The fourth-order valence-electron chi connectivity index (χ4n) is 2.28. The minimum Gasteiger partial charge on any atom is -0.314 e. The van der Waals surface area contributed by atoms with Crippen molar-refractivity contribution in [3.05, 3.63) is 34.9 Å². The maximum Gasteiger partial charge on any atom is 0.350 e. The van der Waals surface area contributed by atoms with E-state index in [2.05, 4.69) is 15.3 Å². The van der Waals surface area contributed by atoms with Gasteiger partial charge in [0.25, 0.3) is 0 Å². The lowest BCUT2D eigenvalue weighted by molar-refractivity contribution is 0.228. The first-order chi connectivity index (χ1) is 8.84. The van der Waals surface area contributed by atoms with Gasteiger partial charge in [-0.15, -0.1) is 29.9 Å². The zero-order chi connectivity index (χ0) is 12.4. The zero-order valence-electron chi connectivity index (χ0n) is 11.1. The first-order valence-corrected chi connectivity index (χ1v) is 6.32. The molecule has 0 spiro atoms. The van der Waals surface area contributed by atoms with Gasteiger partial charge in [0.2, 0.25) is 0 Å². The van der Waals surface area contributed by atoms with E-state index in [0.29, 0.717) is 12.2 Å². The van der Waals surface area contributed by atoms with Crippen molar-refractivity contribution in [2.75, 3.05) is 32.7 Å². The molecule has 0 atom stereocenters. The van der Waals surface area contributed by atoms with Crippen molar-refractivity contribution in [3.8, 4) is 0 Å². The van der Waals surface area contributed by atoms with E-state index < -0.39 is 0 Å². The van der Waals surface area contributed by atoms with Gasteiger partial charge >= 0.3 is 5.69 Å². The normalized spacial score (nSPS) is 15.6. The van der Waals surface area contributed by atoms with Crippen LogP contribution in [0.4, 0.5) is 0 Å². The van der Waals surface area contributed by atoms with Crippen LogP contribution in [0.25, 0.3) is 5.65 Å². The number of halogens is 2. The van der Waals surface area contributed by atoms with Crippen molar-refractivity contribution < 1.29 is 0 Å². The Morgan fingerprint density at radius 3 is 2.60 bits per heavy atom. The van der Waals surface area contributed by atoms with Crippen LogP contribution in [0, 0.1) is 0 Å². The van der Waals surface area contributed by atoms with Crippen LogP contribution in [-0.2, 0) is 6.54 Å². The molecular formula is C12H19Cl2N5O. The van der Waals surface area contributed by atoms with Gasteiger partial charge in [-0.05, 0) is 12.1 Å². The highest BCUT2D eigenvalue weighted by molar-refractivity contribution is 5.85. The molecule has 20 heavy (non-hydrogen) atoms. The summed E-state index contributed by atoms with van der Waals surface area (Å²) in [7, 11) is 0. The maximum absolute atomic E-state index is 12.0. The number of nitrogens with one attached hydrogen (secondary N) is 1. The smallest absolute Gasteiger partial charge is 0.314 e. The summed E-state index contributed by atoms with van der Waals surface area (Å²) in [4.78, 5) is 14.4. The Morgan fingerprint density at radius 1 is 1.15 bits per heavy atom. The van der Waals surface area contributed by atoms with Crippen LogP contribution in [0.15, 0.2) is 29.2 Å². The van der Waals surface area contributed by atoms with Crippen LogP contribution >= 0.6 is 24.8 Å². The van der Waals surface area contributed by atoms with Crippen LogP contribution in [0.3, 0.4) is 0 Å². The molecule has 0 amide bonds. The van der Waals surface area contributed by atoms with E-state index in [4.69, 9.17) is 0 Å². The number of pyridine rings is 1. The summed E-state index contributed by atoms with van der Waals surface area (Å²) in [5.41, 5.74) is 0.656. The van der Waals surface area contributed by atoms with Crippen molar-refractivity contribution >= 4 is 30.5 Å². The largest absolute Gasteiger partial charge is 0.350 e. The number of fused-ring (bicyclic) bond motifs is 1. The summed E-state index contributed by atoms with van der Waals surface area (Å²) >= 11 is 0. The summed E-state index contributed by atoms with van der Waals surface area (Å²) in [6.45, 7) is 5.68. The van der Waals surface area contributed by atoms with Crippen molar-refractivity contribution in [2.24, 2.45) is 0 Å². The standard InChI is InChI=1S/C12H17N5O.2ClH/c18-12-16-6-2-1-3-11(16)14-17(12)10-9-15-7-4-13-5-8-15;;/h1-3,6,13H,4-5,7-10H2;2*1H. The molecule has 8 heteroatoms. The van der Waals surface area contributed by atoms with Gasteiger partial charge in [-0.2, -0.15) is 0 Å². The van der Waals surface area contributed by atoms with E-state index in [1.54, 1.807) is 15.3 Å². The predicted octanol–water partition coefficient (Wildman–Crippen LogP) is 0.245. The lowest BCUT2D eigenvalue weighted by Gasteiger charge is -2.26. The fraction of sp³-hybridized carbons (Fsp3) is 0.500. The number of rotatable bonds is 3. The highest BCUT2D eigenvalue weighted by Crippen LogP contribution is 1.96. The number of hydrogen-bond acceptors (Lipinski definition) is 4. The molecule has 3 heterocycles. The van der Waals surface area contributed by atoms with Gasteiger partial charge in [0.1, 0.15) is 0 Å². The van der Waals surface area contributed by atoms with Crippen molar-refractivity contribution in [1.29, 1.82) is 0 Å². The highest BCUT2D eigenvalue weighted by Gasteiger charge is 2.11. The van der Waals surface area contributed by atoms with Crippen molar-refractivity contribution in [2.45, 2.75) is 6.54 Å². The second-order valence-corrected chi connectivity index (χ2v) is 4.53. The second kappa shape index (κ2) is 7.64. The van der Waals surface area contributed by atoms with Gasteiger partial charge in [-0.25, -0.2) is 9.48 Å². The van der Waals surface area contributed by atoms with Crippen LogP contribution in [0.2, 0.25) is 0 Å². The molecule has 1 fully saturated rings. The molecule has 1 aliphatic rings. The molecule has 2 aromatic rings. The first-order valence-electron chi connectivity index (χ1n) is 6.32. The minimum absolute atomic E-state index is 0. The average Bonchev–Trinajstić information content (AvgIpc) is 2.75. The zero-order valence-corrected chi connectivity index (χ0v) is 12.7. The highest BCUT2D eigenvalue weighted by atomic mass is 35.5. The van der Waals surface area contributed by atoms with E-state index in [0.717, 1.165) is 32.7 Å². The Morgan fingerprint density at radius 2 is 1.90 bits per heavy atom. The third-order valence-corrected chi connectivity index (χ3v) is 3.33. The minimum atomic E-state index is -0.0549. The van der Waals surface area contributed by atoms with Crippen LogP contribution in [0.5, 0.6) is 0 Å². The van der Waals surface area contributed by atoms with Gasteiger partial charge < -0.3 is 5.32 Å². The lowest BCUT2D eigenvalue weighted by atomic mass is 10.3. The molecule has 112 valence electrons. The van der Waals surface area contributed by atoms with Gasteiger partial charge in [-0.3, -0.25) is 9.30 Å². The molecule has 0 bridgehead atoms. The number of piperazine rings is 1. The summed E-state index contributed by atoms with van der Waals surface area (Å²) < 4.78 is 3.13. The monoisotopic (exact) mass is 319 g/mol. The maximum atomic E-state index is 12.0. The Bertz CT molecular complexity index is 591. The lowest BCUT2D eigenvalue weighted by Crippen LogP contribution is -2.45. The third kappa shape index (κ3) is 3.52. The van der Waals surface area contributed by atoms with Gasteiger partial charge in [0, 0.05) is 38.9 Å². The molecule has 0 radical (unpaired) electrons. The van der Waals surface area contributed by atoms with E-state index in [9.17, 15) is 4.79 Å². The van der Waals surface area contributed by atoms with Gasteiger partial charge in [0.05, 0.1) is 6.54 Å². The molecule has 0 aromatic carbocycles. The molecule has 1 saturated heterocycles. The number of nitrogens with zero attached hydrogens (tertiary/aromatic N) is 4. The molecule has 1 aliphatic heterocycles. The van der Waals surface area contributed by atoms with E-state index in [1.807, 2.05) is 18.2 Å². The van der Waals surface area contributed by atoms with E-state index in [1.165, 1.54) is 0 Å². The molecule has 2 aromatic heterocycles. The molecule has 0 unspecified atom stereocenters. The summed E-state index contributed by atoms with van der Waals surface area (Å²) in [5.74, 6) is 0. The Kier molecular flexibility index (Phi) is 6.48. The third-order valence-electron chi connectivity index (χ3n) is 3.33. The molecule has 1 N–H and O–H groups in total. The van der Waals surface area contributed by atoms with Gasteiger partial charge in [0.15, 0.2) is 5.65 Å². The van der Waals surface area contributed by atoms with Gasteiger partial charge in [-0.1, -0.05) is 6.07 Å². The van der Waals surface area contributed by atoms with E-state index >= 15 is 0 Å². The fourth-order valence-corrected chi connectivity index (χ4v) is 2.28. The van der Waals surface area contributed by atoms with Crippen LogP contribution < -0.4 is 11.0 Å². The predicted molar refractivity (Wildman–Crippen MR) is 83.3 cm³/mol. The quantitative estimate of drug-likeness (QED) is 0.881. The average molecular weight is 320 g/mol. The first kappa shape index (κ1) is 17.0. The van der Waals surface area contributed by atoms with Crippen molar-refractivity contribution in [1.82, 2.24) is 24.4 Å². The SMILES string of the molecule is Cl.Cl.O=c1n(CCN2CCNCC2)nc2ccccn12. The Balaban J connectivity index is 0.000001000. The Hall–Kier alpha value is -1.08. The van der Waals surface area contributed by atoms with Crippen molar-refractivity contribution in [3.63, 3.8) is 0 Å². The molecule has 0 aliphatic carbocycles. The summed E-state index contributed by atoms with van der Waals surface area (Å²) in [5, 5.41) is 7.64. The molecule has 0 saturated carbocycles. The number of hydrogen-bond donors (Lipinski definition) is 1. The van der Waals surface area contributed by atoms with Crippen LogP contribution in [0.1, 0.15) is 0 Å². The summed E-state index contributed by atoms with van der Waals surface area (Å²) in [6, 6.07) is 5.59. The topological polar surface area (TPSA) is 54.6 Å². The molecular weight excluding hydrogens is 301 g/mol. The summed E-state index contributed by atoms with van der Waals surface area (Å²) in [6.07, 6.45) is 1.76. The van der Waals surface area contributed by atoms with E-state index in [-0.39, 0.29) is 30.5 Å². The molecule has 6 nitrogen and oxygen atoms in total.